The Bertz CT molecular complexity index is 359. The van der Waals surface area contributed by atoms with Gasteiger partial charge in [-0.3, -0.25) is 0 Å². The van der Waals surface area contributed by atoms with E-state index in [-0.39, 0.29) is 5.54 Å². The highest BCUT2D eigenvalue weighted by molar-refractivity contribution is 7.99. The predicted octanol–water partition coefficient (Wildman–Crippen LogP) is 3.12. The Labute approximate surface area is 127 Å². The van der Waals surface area contributed by atoms with Crippen molar-refractivity contribution in [3.05, 3.63) is 0 Å². The van der Waals surface area contributed by atoms with E-state index in [1.165, 1.54) is 32.1 Å². The summed E-state index contributed by atoms with van der Waals surface area (Å²) in [5, 5.41) is 16.3. The van der Waals surface area contributed by atoms with Crippen LogP contribution in [0.15, 0.2) is 5.16 Å². The van der Waals surface area contributed by atoms with Gasteiger partial charge in [0.05, 0.1) is 6.54 Å². The summed E-state index contributed by atoms with van der Waals surface area (Å²) in [6, 6.07) is 0. The van der Waals surface area contributed by atoms with Gasteiger partial charge in [0.1, 0.15) is 0 Å². The fourth-order valence-corrected chi connectivity index (χ4v) is 2.75. The molecule has 0 aliphatic carbocycles. The maximum atomic E-state index is 4.10. The van der Waals surface area contributed by atoms with Gasteiger partial charge in [-0.2, -0.15) is 0 Å². The summed E-state index contributed by atoms with van der Waals surface area (Å²) in [6.07, 6.45) is 6.55. The van der Waals surface area contributed by atoms with Crippen LogP contribution in [0.3, 0.4) is 0 Å². The van der Waals surface area contributed by atoms with Crippen molar-refractivity contribution in [1.29, 1.82) is 0 Å². The van der Waals surface area contributed by atoms with Crippen LogP contribution in [0, 0.1) is 0 Å². The SMILES string of the molecule is CCCCCCCSc1nnnn1CCNC(C)(C)C. The molecule has 0 unspecified atom stereocenters. The zero-order valence-corrected chi connectivity index (χ0v) is 14.2. The Balaban J connectivity index is 2.21. The lowest BCUT2D eigenvalue weighted by Gasteiger charge is -2.20. The molecule has 0 atom stereocenters. The number of nitrogens with one attached hydrogen (secondary N) is 1. The van der Waals surface area contributed by atoms with E-state index in [2.05, 4.69) is 48.5 Å². The molecule has 0 saturated carbocycles. The molecule has 1 N–H and O–H groups in total. The number of unbranched alkanes of at least 4 members (excludes halogenated alkanes) is 4. The van der Waals surface area contributed by atoms with Crippen LogP contribution in [-0.2, 0) is 6.54 Å². The molecular weight excluding hydrogens is 270 g/mol. The van der Waals surface area contributed by atoms with Crippen LogP contribution >= 0.6 is 11.8 Å². The molecule has 0 bridgehead atoms. The third-order valence-corrected chi connectivity index (χ3v) is 4.00. The number of hydrogen-bond acceptors (Lipinski definition) is 5. The highest BCUT2D eigenvalue weighted by Gasteiger charge is 2.10. The number of aromatic nitrogens is 4. The van der Waals surface area contributed by atoms with Crippen molar-refractivity contribution in [2.45, 2.75) is 77.0 Å². The second kappa shape index (κ2) is 9.34. The Hall–Kier alpha value is -0.620. The van der Waals surface area contributed by atoms with Crippen LogP contribution < -0.4 is 5.32 Å². The molecular formula is C14H29N5S. The molecule has 6 heteroatoms. The van der Waals surface area contributed by atoms with E-state index in [1.807, 2.05) is 4.68 Å². The van der Waals surface area contributed by atoms with Crippen LogP contribution in [0.5, 0.6) is 0 Å². The van der Waals surface area contributed by atoms with Gasteiger partial charge in [0.2, 0.25) is 5.16 Å². The average Bonchev–Trinajstić information content (AvgIpc) is 2.80. The van der Waals surface area contributed by atoms with Gasteiger partial charge in [-0.15, -0.1) is 5.10 Å². The lowest BCUT2D eigenvalue weighted by molar-refractivity contribution is 0.396. The van der Waals surface area contributed by atoms with E-state index in [4.69, 9.17) is 0 Å². The van der Waals surface area contributed by atoms with Gasteiger partial charge in [-0.25, -0.2) is 4.68 Å². The number of tetrazole rings is 1. The summed E-state index contributed by atoms with van der Waals surface area (Å²) in [7, 11) is 0. The summed E-state index contributed by atoms with van der Waals surface area (Å²) in [5.74, 6) is 1.11. The van der Waals surface area contributed by atoms with Crippen molar-refractivity contribution in [3.8, 4) is 0 Å². The number of thioether (sulfide) groups is 1. The van der Waals surface area contributed by atoms with E-state index in [1.54, 1.807) is 11.8 Å². The van der Waals surface area contributed by atoms with Gasteiger partial charge in [0.15, 0.2) is 0 Å². The molecule has 0 amide bonds. The maximum absolute atomic E-state index is 4.10. The minimum absolute atomic E-state index is 0.139. The molecule has 1 rings (SSSR count). The average molecular weight is 299 g/mol. The van der Waals surface area contributed by atoms with Crippen LogP contribution in [-0.4, -0.2) is 38.0 Å². The molecule has 1 aromatic heterocycles. The minimum atomic E-state index is 0.139. The molecule has 0 spiro atoms. The standard InChI is InChI=1S/C14H29N5S/c1-5-6-7-8-9-12-20-13-16-17-18-19(13)11-10-15-14(2,3)4/h15H,5-12H2,1-4H3. The zero-order valence-electron chi connectivity index (χ0n) is 13.4. The highest BCUT2D eigenvalue weighted by atomic mass is 32.2. The summed E-state index contributed by atoms with van der Waals surface area (Å²) in [5.41, 5.74) is 0.139. The fraction of sp³-hybridized carbons (Fsp3) is 0.929. The molecule has 0 aliphatic heterocycles. The lowest BCUT2D eigenvalue weighted by atomic mass is 10.1. The van der Waals surface area contributed by atoms with Gasteiger partial charge in [-0.05, 0) is 37.6 Å². The van der Waals surface area contributed by atoms with Crippen molar-refractivity contribution < 1.29 is 0 Å². The number of nitrogens with zero attached hydrogens (tertiary/aromatic N) is 4. The summed E-state index contributed by atoms with van der Waals surface area (Å²) < 4.78 is 1.90. The van der Waals surface area contributed by atoms with E-state index in [9.17, 15) is 0 Å². The Morgan fingerprint density at radius 3 is 2.60 bits per heavy atom. The Kier molecular flexibility index (Phi) is 8.14. The molecule has 0 aliphatic rings. The molecule has 1 aromatic rings. The third kappa shape index (κ3) is 7.85. The first kappa shape index (κ1) is 17.4. The van der Waals surface area contributed by atoms with E-state index >= 15 is 0 Å². The monoisotopic (exact) mass is 299 g/mol. The molecule has 5 nitrogen and oxygen atoms in total. The number of rotatable bonds is 10. The first-order valence-corrected chi connectivity index (χ1v) is 8.65. The van der Waals surface area contributed by atoms with Gasteiger partial charge < -0.3 is 5.32 Å². The molecule has 0 saturated heterocycles. The topological polar surface area (TPSA) is 55.6 Å². The van der Waals surface area contributed by atoms with Crippen molar-refractivity contribution in [3.63, 3.8) is 0 Å². The second-order valence-electron chi connectivity index (χ2n) is 6.12. The third-order valence-electron chi connectivity index (χ3n) is 2.96. The van der Waals surface area contributed by atoms with Crippen LogP contribution in [0.2, 0.25) is 0 Å². The normalized spacial score (nSPS) is 12.0. The quantitative estimate of drug-likeness (QED) is 0.531. The first-order valence-electron chi connectivity index (χ1n) is 7.67. The summed E-state index contributed by atoms with van der Waals surface area (Å²) in [4.78, 5) is 0. The van der Waals surface area contributed by atoms with Crippen molar-refractivity contribution >= 4 is 11.8 Å². The highest BCUT2D eigenvalue weighted by Crippen LogP contribution is 2.16. The van der Waals surface area contributed by atoms with Gasteiger partial charge >= 0.3 is 0 Å². The van der Waals surface area contributed by atoms with Gasteiger partial charge in [-0.1, -0.05) is 44.4 Å². The molecule has 0 aromatic carbocycles. The Morgan fingerprint density at radius 1 is 1.15 bits per heavy atom. The largest absolute Gasteiger partial charge is 0.310 e. The van der Waals surface area contributed by atoms with Crippen LogP contribution in [0.25, 0.3) is 0 Å². The summed E-state index contributed by atoms with van der Waals surface area (Å²) in [6.45, 7) is 10.4. The lowest BCUT2D eigenvalue weighted by Crippen LogP contribution is -2.38. The fourth-order valence-electron chi connectivity index (χ4n) is 1.85. The van der Waals surface area contributed by atoms with E-state index in [0.29, 0.717) is 0 Å². The smallest absolute Gasteiger partial charge is 0.209 e. The molecule has 0 fully saturated rings. The van der Waals surface area contributed by atoms with Crippen molar-refractivity contribution in [1.82, 2.24) is 25.5 Å². The molecule has 116 valence electrons. The van der Waals surface area contributed by atoms with E-state index in [0.717, 1.165) is 24.0 Å². The zero-order chi connectivity index (χ0) is 14.8. The number of hydrogen-bond donors (Lipinski definition) is 1. The molecule has 1 heterocycles. The van der Waals surface area contributed by atoms with Crippen LogP contribution in [0.4, 0.5) is 0 Å². The van der Waals surface area contributed by atoms with Crippen molar-refractivity contribution in [2.75, 3.05) is 12.3 Å². The van der Waals surface area contributed by atoms with Gasteiger partial charge in [0.25, 0.3) is 0 Å². The van der Waals surface area contributed by atoms with Gasteiger partial charge in [0, 0.05) is 17.8 Å². The second-order valence-corrected chi connectivity index (χ2v) is 7.19. The van der Waals surface area contributed by atoms with Crippen LogP contribution in [0.1, 0.15) is 59.8 Å². The van der Waals surface area contributed by atoms with Crippen molar-refractivity contribution in [2.24, 2.45) is 0 Å². The molecule has 0 radical (unpaired) electrons. The first-order chi connectivity index (χ1) is 9.53. The minimum Gasteiger partial charge on any atom is -0.310 e. The predicted molar refractivity (Wildman–Crippen MR) is 85.1 cm³/mol. The summed E-state index contributed by atoms with van der Waals surface area (Å²) >= 11 is 1.77. The maximum Gasteiger partial charge on any atom is 0.209 e. The molecule has 20 heavy (non-hydrogen) atoms. The Morgan fingerprint density at radius 2 is 1.90 bits per heavy atom. The van der Waals surface area contributed by atoms with E-state index < -0.39 is 0 Å².